The lowest BCUT2D eigenvalue weighted by atomic mass is 9.95. The van der Waals surface area contributed by atoms with Crippen LogP contribution in [0.2, 0.25) is 5.02 Å². The van der Waals surface area contributed by atoms with E-state index < -0.39 is 0 Å². The maximum Gasteiger partial charge on any atom is 0.146 e. The molecule has 0 saturated heterocycles. The first-order chi connectivity index (χ1) is 9.99. The molecule has 1 atom stereocenters. The summed E-state index contributed by atoms with van der Waals surface area (Å²) in [6.45, 7) is 4.15. The topological polar surface area (TPSA) is 44.5 Å². The summed E-state index contributed by atoms with van der Waals surface area (Å²) in [6, 6.07) is 9.59. The van der Waals surface area contributed by atoms with Crippen LogP contribution in [0.25, 0.3) is 0 Å². The Kier molecular flexibility index (Phi) is 4.76. The van der Waals surface area contributed by atoms with Gasteiger partial charge in [0.15, 0.2) is 0 Å². The van der Waals surface area contributed by atoms with Gasteiger partial charge in [0.2, 0.25) is 0 Å². The summed E-state index contributed by atoms with van der Waals surface area (Å²) >= 11 is 6.30. The molecule has 2 aromatic carbocycles. The molecule has 2 rings (SSSR count). The number of aryl methyl sites for hydroxylation is 2. The van der Waals surface area contributed by atoms with Gasteiger partial charge in [-0.2, -0.15) is 0 Å². The maximum atomic E-state index is 6.39. The fraction of sp³-hybridized carbons (Fsp3) is 0.294. The van der Waals surface area contributed by atoms with Gasteiger partial charge < -0.3 is 15.2 Å². The highest BCUT2D eigenvalue weighted by Gasteiger charge is 2.19. The number of hydrogen-bond acceptors (Lipinski definition) is 3. The van der Waals surface area contributed by atoms with Crippen LogP contribution >= 0.6 is 11.6 Å². The van der Waals surface area contributed by atoms with Gasteiger partial charge in [-0.15, -0.1) is 0 Å². The van der Waals surface area contributed by atoms with Gasteiger partial charge in [0, 0.05) is 5.56 Å². The van der Waals surface area contributed by atoms with Crippen molar-refractivity contribution in [3.63, 3.8) is 0 Å². The fourth-order valence-electron chi connectivity index (χ4n) is 2.30. The van der Waals surface area contributed by atoms with E-state index in [4.69, 9.17) is 26.8 Å². The van der Waals surface area contributed by atoms with Crippen molar-refractivity contribution in [3.8, 4) is 11.5 Å². The van der Waals surface area contributed by atoms with Gasteiger partial charge in [0.1, 0.15) is 16.5 Å². The average molecular weight is 306 g/mol. The number of hydrogen-bond donors (Lipinski definition) is 1. The molecule has 21 heavy (non-hydrogen) atoms. The number of methoxy groups -OCH3 is 2. The maximum absolute atomic E-state index is 6.39. The Morgan fingerprint density at radius 3 is 2.29 bits per heavy atom. The molecule has 112 valence electrons. The predicted molar refractivity (Wildman–Crippen MR) is 86.5 cm³/mol. The van der Waals surface area contributed by atoms with E-state index >= 15 is 0 Å². The van der Waals surface area contributed by atoms with Crippen molar-refractivity contribution in [1.29, 1.82) is 0 Å². The lowest BCUT2D eigenvalue weighted by Gasteiger charge is -2.19. The molecule has 0 radical (unpaired) electrons. The fourth-order valence-corrected chi connectivity index (χ4v) is 2.63. The lowest BCUT2D eigenvalue weighted by Crippen LogP contribution is -2.13. The minimum atomic E-state index is -0.303. The van der Waals surface area contributed by atoms with E-state index in [0.717, 1.165) is 11.1 Å². The first kappa shape index (κ1) is 15.7. The van der Waals surface area contributed by atoms with Crippen molar-refractivity contribution in [2.75, 3.05) is 14.2 Å². The summed E-state index contributed by atoms with van der Waals surface area (Å²) in [6.07, 6.45) is 0. The first-order valence-corrected chi connectivity index (χ1v) is 7.10. The molecular weight excluding hydrogens is 286 g/mol. The lowest BCUT2D eigenvalue weighted by molar-refractivity contribution is 0.390. The Balaban J connectivity index is 2.50. The van der Waals surface area contributed by atoms with E-state index in [0.29, 0.717) is 16.5 Å². The zero-order valence-corrected chi connectivity index (χ0v) is 13.5. The molecule has 0 amide bonds. The summed E-state index contributed by atoms with van der Waals surface area (Å²) in [4.78, 5) is 0. The second-order valence-corrected chi connectivity index (χ2v) is 5.40. The van der Waals surface area contributed by atoms with E-state index in [1.807, 2.05) is 12.1 Å². The zero-order chi connectivity index (χ0) is 15.6. The number of ether oxygens (including phenoxy) is 2. The van der Waals surface area contributed by atoms with Crippen molar-refractivity contribution < 1.29 is 9.47 Å². The van der Waals surface area contributed by atoms with Crippen molar-refractivity contribution in [2.24, 2.45) is 5.73 Å². The Morgan fingerprint density at radius 1 is 1.00 bits per heavy atom. The van der Waals surface area contributed by atoms with Crippen LogP contribution in [0, 0.1) is 13.8 Å². The van der Waals surface area contributed by atoms with Crippen LogP contribution in [0.15, 0.2) is 30.3 Å². The molecule has 4 heteroatoms. The summed E-state index contributed by atoms with van der Waals surface area (Å²) in [7, 11) is 3.15. The molecule has 0 fully saturated rings. The second kappa shape index (κ2) is 6.37. The van der Waals surface area contributed by atoms with Crippen LogP contribution in [-0.4, -0.2) is 14.2 Å². The molecule has 2 N–H and O–H groups in total. The molecule has 0 spiro atoms. The smallest absolute Gasteiger partial charge is 0.146 e. The van der Waals surface area contributed by atoms with Gasteiger partial charge in [-0.05, 0) is 42.7 Å². The molecule has 0 aromatic heterocycles. The third-order valence-electron chi connectivity index (χ3n) is 3.74. The van der Waals surface area contributed by atoms with Crippen molar-refractivity contribution >= 4 is 11.6 Å². The molecule has 0 saturated carbocycles. The van der Waals surface area contributed by atoms with E-state index in [-0.39, 0.29) is 6.04 Å². The van der Waals surface area contributed by atoms with Crippen LogP contribution in [0.4, 0.5) is 0 Å². The zero-order valence-electron chi connectivity index (χ0n) is 12.7. The van der Waals surface area contributed by atoms with Crippen molar-refractivity contribution in [2.45, 2.75) is 19.9 Å². The monoisotopic (exact) mass is 305 g/mol. The number of rotatable bonds is 4. The molecule has 0 aliphatic heterocycles. The minimum Gasteiger partial charge on any atom is -0.495 e. The number of halogens is 1. The van der Waals surface area contributed by atoms with Crippen LogP contribution in [0.3, 0.4) is 0 Å². The first-order valence-electron chi connectivity index (χ1n) is 6.72. The third kappa shape index (κ3) is 2.99. The van der Waals surface area contributed by atoms with Gasteiger partial charge in [-0.1, -0.05) is 29.8 Å². The minimum absolute atomic E-state index is 0.303. The van der Waals surface area contributed by atoms with Gasteiger partial charge in [-0.3, -0.25) is 0 Å². The predicted octanol–water partition coefficient (Wildman–Crippen LogP) is 4.02. The molecule has 2 aromatic rings. The summed E-state index contributed by atoms with van der Waals surface area (Å²) in [5.41, 5.74) is 10.7. The van der Waals surface area contributed by atoms with Crippen LogP contribution in [0.1, 0.15) is 28.3 Å². The van der Waals surface area contributed by atoms with Crippen LogP contribution < -0.4 is 15.2 Å². The molecule has 0 aliphatic carbocycles. The highest BCUT2D eigenvalue weighted by Crippen LogP contribution is 2.40. The second-order valence-electron chi connectivity index (χ2n) is 5.03. The van der Waals surface area contributed by atoms with Crippen molar-refractivity contribution in [1.82, 2.24) is 0 Å². The summed E-state index contributed by atoms with van der Waals surface area (Å²) in [5, 5.41) is 0.441. The number of benzene rings is 2. The van der Waals surface area contributed by atoms with E-state index in [2.05, 4.69) is 26.0 Å². The van der Waals surface area contributed by atoms with E-state index in [9.17, 15) is 0 Å². The standard InChI is InChI=1S/C17H20ClNO2/c1-10-5-6-12(9-11(10)2)16(19)13-7-8-14(20-3)15(18)17(13)21-4/h5-9,16H,19H2,1-4H3. The average Bonchev–Trinajstić information content (AvgIpc) is 2.49. The largest absolute Gasteiger partial charge is 0.495 e. The van der Waals surface area contributed by atoms with Gasteiger partial charge in [-0.25, -0.2) is 0 Å². The Bertz CT molecular complexity index is 655. The van der Waals surface area contributed by atoms with Crippen molar-refractivity contribution in [3.05, 3.63) is 57.6 Å². The summed E-state index contributed by atoms with van der Waals surface area (Å²) < 4.78 is 10.6. The molecule has 0 bridgehead atoms. The van der Waals surface area contributed by atoms with Gasteiger partial charge in [0.25, 0.3) is 0 Å². The van der Waals surface area contributed by atoms with E-state index in [1.165, 1.54) is 11.1 Å². The van der Waals surface area contributed by atoms with Crippen LogP contribution in [0.5, 0.6) is 11.5 Å². The molecule has 0 heterocycles. The van der Waals surface area contributed by atoms with Crippen LogP contribution in [-0.2, 0) is 0 Å². The third-order valence-corrected chi connectivity index (χ3v) is 4.10. The quantitative estimate of drug-likeness (QED) is 0.928. The SMILES string of the molecule is COc1ccc(C(N)c2ccc(C)c(C)c2)c(OC)c1Cl. The highest BCUT2D eigenvalue weighted by molar-refractivity contribution is 6.33. The van der Waals surface area contributed by atoms with E-state index in [1.54, 1.807) is 20.3 Å². The Morgan fingerprint density at radius 2 is 1.71 bits per heavy atom. The summed E-state index contributed by atoms with van der Waals surface area (Å²) in [5.74, 6) is 1.13. The molecular formula is C17H20ClNO2. The number of nitrogens with two attached hydrogens (primary N) is 1. The highest BCUT2D eigenvalue weighted by atomic mass is 35.5. The molecule has 3 nitrogen and oxygen atoms in total. The van der Waals surface area contributed by atoms with Gasteiger partial charge >= 0.3 is 0 Å². The normalized spacial score (nSPS) is 12.1. The molecule has 0 aliphatic rings. The van der Waals surface area contributed by atoms with Gasteiger partial charge in [0.05, 0.1) is 20.3 Å². The Hall–Kier alpha value is -1.71. The molecule has 1 unspecified atom stereocenters. The Labute approximate surface area is 130 Å².